The van der Waals surface area contributed by atoms with E-state index >= 15 is 8.78 Å². The van der Waals surface area contributed by atoms with E-state index in [9.17, 15) is 28.8 Å². The Balaban J connectivity index is 1.10. The predicted octanol–water partition coefficient (Wildman–Crippen LogP) is 8.01. The summed E-state index contributed by atoms with van der Waals surface area (Å²) in [5.41, 5.74) is 2.00. The van der Waals surface area contributed by atoms with Crippen molar-refractivity contribution < 1.29 is 84.9 Å². The van der Waals surface area contributed by atoms with Gasteiger partial charge >= 0.3 is 36.2 Å². The number of rotatable bonds is 20. The molecule has 1 aliphatic rings. The van der Waals surface area contributed by atoms with Crippen molar-refractivity contribution in [1.29, 1.82) is 0 Å². The average molecular weight is 903 g/mol. The van der Waals surface area contributed by atoms with Crippen LogP contribution in [0.3, 0.4) is 0 Å². The average Bonchev–Trinajstić information content (AvgIpc) is 3.47. The zero-order valence-corrected chi connectivity index (χ0v) is 35.8. The number of ether oxygens (including phenoxy) is 10. The molecule has 0 aromatic heterocycles. The maximum atomic E-state index is 15.0. The van der Waals surface area contributed by atoms with E-state index in [1.807, 2.05) is 13.8 Å². The van der Waals surface area contributed by atoms with Gasteiger partial charge in [-0.3, -0.25) is 0 Å². The van der Waals surface area contributed by atoms with Crippen LogP contribution in [0.2, 0.25) is 0 Å². The number of halogens is 2. The molecule has 65 heavy (non-hydrogen) atoms. The van der Waals surface area contributed by atoms with Gasteiger partial charge in [-0.15, -0.1) is 0 Å². The van der Waals surface area contributed by atoms with E-state index in [4.69, 9.17) is 47.4 Å². The van der Waals surface area contributed by atoms with Gasteiger partial charge in [0, 0.05) is 28.7 Å². The zero-order chi connectivity index (χ0) is 47.3. The Morgan fingerprint density at radius 1 is 0.477 bits per heavy atom. The van der Waals surface area contributed by atoms with Gasteiger partial charge in [-0.2, -0.15) is 0 Å². The molecule has 0 heterocycles. The van der Waals surface area contributed by atoms with Crippen LogP contribution in [-0.2, 0) is 43.4 Å². The molecule has 18 heteroatoms. The smallest absolute Gasteiger partial charge is 0.460 e. The van der Waals surface area contributed by atoms with Crippen molar-refractivity contribution in [2.45, 2.75) is 33.1 Å². The summed E-state index contributed by atoms with van der Waals surface area (Å²) < 4.78 is 81.0. The molecule has 0 saturated carbocycles. The minimum atomic E-state index is -1.14. The predicted molar refractivity (Wildman–Crippen MR) is 224 cm³/mol. The maximum absolute atomic E-state index is 15.0. The van der Waals surface area contributed by atoms with E-state index in [1.165, 1.54) is 26.0 Å². The molecule has 0 unspecified atom stereocenters. The first-order chi connectivity index (χ1) is 30.9. The molecule has 16 nitrogen and oxygen atoms in total. The van der Waals surface area contributed by atoms with Gasteiger partial charge in [-0.25, -0.2) is 37.5 Å². The topological polar surface area (TPSA) is 195 Å². The van der Waals surface area contributed by atoms with E-state index in [-0.39, 0.29) is 87.0 Å². The van der Waals surface area contributed by atoms with Crippen LogP contribution in [0.25, 0.3) is 11.1 Å². The summed E-state index contributed by atoms with van der Waals surface area (Å²) in [6, 6.07) is 16.0. The van der Waals surface area contributed by atoms with Crippen LogP contribution in [-0.4, -0.2) is 89.0 Å². The van der Waals surface area contributed by atoms with Gasteiger partial charge in [0.25, 0.3) is 0 Å². The van der Waals surface area contributed by atoms with Crippen molar-refractivity contribution in [3.05, 3.63) is 131 Å². The summed E-state index contributed by atoms with van der Waals surface area (Å²) in [5.74, 6) is -5.43. The fourth-order valence-corrected chi connectivity index (χ4v) is 6.05. The lowest BCUT2D eigenvalue weighted by Gasteiger charge is -2.22. The Labute approximate surface area is 371 Å². The summed E-state index contributed by atoms with van der Waals surface area (Å²) in [6.07, 6.45) is -2.28. The first kappa shape index (κ1) is 48.6. The second-order valence-electron chi connectivity index (χ2n) is 14.6. The highest BCUT2D eigenvalue weighted by Gasteiger charge is 2.36. The lowest BCUT2D eigenvalue weighted by Crippen LogP contribution is -2.17. The second-order valence-corrected chi connectivity index (χ2v) is 14.6. The van der Waals surface area contributed by atoms with Gasteiger partial charge in [0.2, 0.25) is 0 Å². The Hall–Kier alpha value is -7.44. The van der Waals surface area contributed by atoms with Crippen LogP contribution in [0.5, 0.6) is 23.0 Å². The zero-order valence-electron chi connectivity index (χ0n) is 35.8. The van der Waals surface area contributed by atoms with E-state index in [2.05, 4.69) is 13.2 Å². The first-order valence-corrected chi connectivity index (χ1v) is 19.8. The largest absolute Gasteiger partial charge is 0.513 e. The Bertz CT molecular complexity index is 2320. The molecule has 0 atom stereocenters. The molecule has 4 aromatic carbocycles. The Morgan fingerprint density at radius 3 is 1.17 bits per heavy atom. The molecule has 0 saturated heterocycles. The highest BCUT2D eigenvalue weighted by Crippen LogP contribution is 2.50. The Kier molecular flexibility index (Phi) is 16.6. The third kappa shape index (κ3) is 13.3. The number of carbonyl (C=O) groups is 6. The van der Waals surface area contributed by atoms with Crippen molar-refractivity contribution in [2.24, 2.45) is 0 Å². The normalized spacial score (nSPS) is 11.8. The van der Waals surface area contributed by atoms with Crippen molar-refractivity contribution in [3.63, 3.8) is 0 Å². The van der Waals surface area contributed by atoms with Gasteiger partial charge in [0.15, 0.2) is 0 Å². The van der Waals surface area contributed by atoms with Gasteiger partial charge < -0.3 is 47.4 Å². The van der Waals surface area contributed by atoms with Gasteiger partial charge in [0.1, 0.15) is 61.1 Å². The molecule has 0 spiro atoms. The van der Waals surface area contributed by atoms with Crippen molar-refractivity contribution in [3.8, 4) is 34.1 Å². The molecule has 0 fully saturated rings. The minimum Gasteiger partial charge on any atom is -0.460 e. The molecular formula is C47H44F2O16. The van der Waals surface area contributed by atoms with Crippen LogP contribution in [0.4, 0.5) is 18.4 Å². The summed E-state index contributed by atoms with van der Waals surface area (Å²) in [5, 5.41) is 0. The lowest BCUT2D eigenvalue weighted by molar-refractivity contribution is -0.141. The Morgan fingerprint density at radius 2 is 0.815 bits per heavy atom. The van der Waals surface area contributed by atoms with Gasteiger partial charge in [-0.1, -0.05) is 39.1 Å². The molecule has 0 N–H and O–H groups in total. The maximum Gasteiger partial charge on any atom is 0.513 e. The molecule has 0 bridgehead atoms. The van der Waals surface area contributed by atoms with Crippen molar-refractivity contribution in [2.75, 3.05) is 52.9 Å². The summed E-state index contributed by atoms with van der Waals surface area (Å²) in [6.45, 7) is 13.4. The number of hydrogen-bond donors (Lipinski definition) is 0. The summed E-state index contributed by atoms with van der Waals surface area (Å²) >= 11 is 0. The van der Waals surface area contributed by atoms with Gasteiger partial charge in [-0.05, 0) is 84.6 Å². The van der Waals surface area contributed by atoms with Crippen LogP contribution < -0.4 is 18.9 Å². The fraction of sp³-hybridized carbons (Fsp3) is 0.277. The van der Waals surface area contributed by atoms with Crippen LogP contribution in [0.15, 0.2) is 97.1 Å². The highest BCUT2D eigenvalue weighted by molar-refractivity contribution is 5.93. The fourth-order valence-electron chi connectivity index (χ4n) is 6.05. The third-order valence-corrected chi connectivity index (χ3v) is 9.28. The van der Waals surface area contributed by atoms with Crippen molar-refractivity contribution in [1.82, 2.24) is 0 Å². The SMILES string of the molecule is C=C(C)C(=O)OCCOCCOC(=O)Oc1ccc(C(=O)Oc2ccc3c(c2)C(C)(C)c2cc(OC(=O)c4ccc(OC(=O)OCCOCCOC(=O)C(=C)C)cc4F)ccc2-3)c(F)c1. The number of esters is 4. The first-order valence-electron chi connectivity index (χ1n) is 19.8. The van der Waals surface area contributed by atoms with E-state index in [0.29, 0.717) is 0 Å². The van der Waals surface area contributed by atoms with Crippen LogP contribution >= 0.6 is 0 Å². The number of fused-ring (bicyclic) bond motifs is 3. The molecule has 342 valence electrons. The second kappa shape index (κ2) is 22.3. The summed E-state index contributed by atoms with van der Waals surface area (Å²) in [7, 11) is 0. The number of benzene rings is 4. The van der Waals surface area contributed by atoms with Crippen LogP contribution in [0.1, 0.15) is 59.5 Å². The molecule has 4 aromatic rings. The number of carbonyl (C=O) groups excluding carboxylic acids is 6. The van der Waals surface area contributed by atoms with E-state index in [0.717, 1.165) is 46.5 Å². The molecule has 0 amide bonds. The molecular weight excluding hydrogens is 858 g/mol. The molecule has 5 rings (SSSR count). The van der Waals surface area contributed by atoms with E-state index in [1.54, 1.807) is 36.4 Å². The third-order valence-electron chi connectivity index (χ3n) is 9.28. The molecule has 1 aliphatic carbocycles. The van der Waals surface area contributed by atoms with E-state index < -0.39 is 64.4 Å². The standard InChI is InChI=1S/C47H44F2O16/c1-27(2)41(50)58-19-15-56-17-21-60-45(54)64-31-9-13-35(39(48)25-31)43(52)62-29-7-11-33-34-12-8-30(24-38(34)47(5,6)37(33)23-29)63-44(53)36-14-10-32(26-40(36)49)65-46(55)61-22-18-57-16-20-59-42(51)28(3)4/h7-14,23-26H,1,3,15-22H2,2,4-6H3. The molecule has 0 radical (unpaired) electrons. The minimum absolute atomic E-state index is 0.0151. The quantitative estimate of drug-likeness (QED) is 0.0206. The number of hydrogen-bond acceptors (Lipinski definition) is 16. The summed E-state index contributed by atoms with van der Waals surface area (Å²) in [4.78, 5) is 72.9. The van der Waals surface area contributed by atoms with Crippen LogP contribution in [0, 0.1) is 11.6 Å². The van der Waals surface area contributed by atoms with Crippen molar-refractivity contribution >= 4 is 36.2 Å². The monoisotopic (exact) mass is 902 g/mol. The lowest BCUT2D eigenvalue weighted by atomic mass is 9.82. The molecule has 0 aliphatic heterocycles. The van der Waals surface area contributed by atoms with Gasteiger partial charge in [0.05, 0.1) is 37.6 Å². The highest BCUT2D eigenvalue weighted by atomic mass is 19.1.